The van der Waals surface area contributed by atoms with E-state index in [-0.39, 0.29) is 6.09 Å². The van der Waals surface area contributed by atoms with Crippen molar-refractivity contribution < 1.29 is 9.53 Å². The lowest BCUT2D eigenvalue weighted by molar-refractivity contribution is 0.0523. The lowest BCUT2D eigenvalue weighted by Gasteiger charge is -2.29. The zero-order valence-electron chi connectivity index (χ0n) is 18.8. The van der Waals surface area contributed by atoms with Crippen LogP contribution in [0.2, 0.25) is 0 Å². The Hall–Kier alpha value is -2.49. The van der Waals surface area contributed by atoms with E-state index in [9.17, 15) is 4.79 Å². The second kappa shape index (κ2) is 9.82. The number of ether oxygens (including phenoxy) is 1. The highest BCUT2D eigenvalue weighted by molar-refractivity contribution is 5.67. The van der Waals surface area contributed by atoms with Crippen LogP contribution in [0.3, 0.4) is 0 Å². The Bertz CT molecular complexity index is 800. The summed E-state index contributed by atoms with van der Waals surface area (Å²) in [6.45, 7) is 14.2. The van der Waals surface area contributed by atoms with Gasteiger partial charge in [-0.05, 0) is 83.2 Å². The number of alkyl carbamates (subject to hydrolysis) is 1. The minimum Gasteiger partial charge on any atom is -0.444 e. The highest BCUT2D eigenvalue weighted by atomic mass is 16.6. The van der Waals surface area contributed by atoms with Gasteiger partial charge in [0.25, 0.3) is 0 Å². The minimum absolute atomic E-state index is 0.334. The number of nitrogens with zero attached hydrogens (tertiary/aromatic N) is 1. The van der Waals surface area contributed by atoms with Gasteiger partial charge in [0, 0.05) is 30.9 Å². The molecular formula is C25H36N2O2. The predicted molar refractivity (Wildman–Crippen MR) is 122 cm³/mol. The van der Waals surface area contributed by atoms with E-state index in [1.54, 1.807) is 0 Å². The molecule has 1 aromatic carbocycles. The van der Waals surface area contributed by atoms with Crippen LogP contribution in [0.5, 0.6) is 0 Å². The molecule has 0 fully saturated rings. The van der Waals surface area contributed by atoms with Crippen LogP contribution in [0.1, 0.15) is 64.5 Å². The molecule has 1 aliphatic carbocycles. The van der Waals surface area contributed by atoms with Crippen LogP contribution in [0, 0.1) is 0 Å². The summed E-state index contributed by atoms with van der Waals surface area (Å²) < 4.78 is 5.37. The molecule has 0 aromatic heterocycles. The van der Waals surface area contributed by atoms with Gasteiger partial charge in [0.15, 0.2) is 0 Å². The van der Waals surface area contributed by atoms with Crippen molar-refractivity contribution in [3.8, 4) is 0 Å². The zero-order valence-corrected chi connectivity index (χ0v) is 18.8. The van der Waals surface area contributed by atoms with Gasteiger partial charge in [-0.15, -0.1) is 0 Å². The summed E-state index contributed by atoms with van der Waals surface area (Å²) in [5, 5.41) is 2.94. The molecule has 0 aliphatic heterocycles. The molecule has 158 valence electrons. The third-order valence-electron chi connectivity index (χ3n) is 5.28. The standard InChI is InChI=1S/C25H36N2O2/c1-8-18(2)12-13-19(3)27(7)22-14-15-23-20(16-22)10-9-11-21(23)17-26-24(28)29-25(4,5)6/h8,12-16,21H,1,9-11,17H2,2-7H3,(H,26,28)/b18-12-,19-13+/t21-/m0/s1. The summed E-state index contributed by atoms with van der Waals surface area (Å²) >= 11 is 0. The number of aryl methyl sites for hydroxylation is 1. The van der Waals surface area contributed by atoms with Gasteiger partial charge in [-0.1, -0.05) is 30.4 Å². The number of allylic oxidation sites excluding steroid dienone is 5. The van der Waals surface area contributed by atoms with Crippen LogP contribution in [-0.4, -0.2) is 25.3 Å². The minimum atomic E-state index is -0.473. The van der Waals surface area contributed by atoms with Crippen LogP contribution >= 0.6 is 0 Å². The van der Waals surface area contributed by atoms with Crippen molar-refractivity contribution >= 4 is 11.8 Å². The third kappa shape index (κ3) is 6.81. The highest BCUT2D eigenvalue weighted by Crippen LogP contribution is 2.34. The lowest BCUT2D eigenvalue weighted by atomic mass is 9.82. The Balaban J connectivity index is 2.10. The molecule has 0 spiro atoms. The van der Waals surface area contributed by atoms with Crippen molar-refractivity contribution in [1.29, 1.82) is 0 Å². The Kier molecular flexibility index (Phi) is 7.72. The van der Waals surface area contributed by atoms with Crippen LogP contribution in [0.25, 0.3) is 0 Å². The van der Waals surface area contributed by atoms with E-state index in [0.29, 0.717) is 12.5 Å². The number of fused-ring (bicyclic) bond motifs is 1. The number of rotatable bonds is 6. The summed E-state index contributed by atoms with van der Waals surface area (Å²) in [7, 11) is 2.09. The number of carbonyl (C=O) groups is 1. The largest absolute Gasteiger partial charge is 0.444 e. The molecule has 0 saturated carbocycles. The monoisotopic (exact) mass is 396 g/mol. The number of hydrogen-bond donors (Lipinski definition) is 1. The summed E-state index contributed by atoms with van der Waals surface area (Å²) in [5.41, 5.74) is 5.74. The van der Waals surface area contributed by atoms with Crippen molar-refractivity contribution in [2.24, 2.45) is 0 Å². The maximum atomic E-state index is 12.0. The van der Waals surface area contributed by atoms with Crippen molar-refractivity contribution in [2.75, 3.05) is 18.5 Å². The molecule has 0 heterocycles. The van der Waals surface area contributed by atoms with Crippen molar-refractivity contribution in [3.05, 3.63) is 65.4 Å². The van der Waals surface area contributed by atoms with Gasteiger partial charge in [-0.3, -0.25) is 0 Å². The van der Waals surface area contributed by atoms with Crippen molar-refractivity contribution in [2.45, 2.75) is 65.4 Å². The molecule has 2 rings (SSSR count). The number of nitrogens with one attached hydrogen (secondary N) is 1. The summed E-state index contributed by atoms with van der Waals surface area (Å²) in [6.07, 6.45) is 9.01. The van der Waals surface area contributed by atoms with E-state index in [2.05, 4.69) is 61.1 Å². The highest BCUT2D eigenvalue weighted by Gasteiger charge is 2.23. The average molecular weight is 397 g/mol. The second-order valence-electron chi connectivity index (χ2n) is 8.84. The van der Waals surface area contributed by atoms with E-state index < -0.39 is 5.60 Å². The molecule has 4 nitrogen and oxygen atoms in total. The molecule has 0 saturated heterocycles. The fraction of sp³-hybridized carbons (Fsp3) is 0.480. The fourth-order valence-corrected chi connectivity index (χ4v) is 3.48. The van der Waals surface area contributed by atoms with E-state index in [0.717, 1.165) is 24.8 Å². The van der Waals surface area contributed by atoms with Crippen molar-refractivity contribution in [1.82, 2.24) is 5.32 Å². The molecule has 29 heavy (non-hydrogen) atoms. The first-order valence-corrected chi connectivity index (χ1v) is 10.4. The smallest absolute Gasteiger partial charge is 0.407 e. The van der Waals surface area contributed by atoms with Gasteiger partial charge in [0.05, 0.1) is 0 Å². The van der Waals surface area contributed by atoms with Crippen LogP contribution < -0.4 is 10.2 Å². The zero-order chi connectivity index (χ0) is 21.6. The van der Waals surface area contributed by atoms with Crippen LogP contribution in [0.4, 0.5) is 10.5 Å². The first-order chi connectivity index (χ1) is 13.6. The van der Waals surface area contributed by atoms with Gasteiger partial charge < -0.3 is 15.0 Å². The normalized spacial score (nSPS) is 17.4. The molecule has 0 radical (unpaired) electrons. The topological polar surface area (TPSA) is 41.6 Å². The van der Waals surface area contributed by atoms with E-state index in [1.807, 2.05) is 33.8 Å². The molecule has 0 unspecified atom stereocenters. The molecular weight excluding hydrogens is 360 g/mol. The molecule has 1 atom stereocenters. The summed E-state index contributed by atoms with van der Waals surface area (Å²) in [6, 6.07) is 6.68. The summed E-state index contributed by atoms with van der Waals surface area (Å²) in [4.78, 5) is 14.2. The molecule has 1 N–H and O–H groups in total. The second-order valence-corrected chi connectivity index (χ2v) is 8.84. The molecule has 1 aliphatic rings. The van der Waals surface area contributed by atoms with Crippen LogP contribution in [-0.2, 0) is 11.2 Å². The van der Waals surface area contributed by atoms with Gasteiger partial charge in [-0.2, -0.15) is 0 Å². The molecule has 1 amide bonds. The number of hydrogen-bond acceptors (Lipinski definition) is 3. The number of carbonyl (C=O) groups excluding carboxylic acids is 1. The average Bonchev–Trinajstić information content (AvgIpc) is 2.67. The Morgan fingerprint density at radius 2 is 2.03 bits per heavy atom. The molecule has 4 heteroatoms. The Morgan fingerprint density at radius 3 is 2.69 bits per heavy atom. The SMILES string of the molecule is C=C/C(C)=C\C=C(/C)N(C)c1ccc2c(c1)CCC[C@H]2CNC(=O)OC(C)(C)C. The van der Waals surface area contributed by atoms with E-state index in [1.165, 1.54) is 22.5 Å². The maximum Gasteiger partial charge on any atom is 0.407 e. The molecule has 0 bridgehead atoms. The van der Waals surface area contributed by atoms with E-state index >= 15 is 0 Å². The third-order valence-corrected chi connectivity index (χ3v) is 5.28. The first kappa shape index (κ1) is 22.8. The first-order valence-electron chi connectivity index (χ1n) is 10.4. The van der Waals surface area contributed by atoms with Gasteiger partial charge in [0.1, 0.15) is 5.60 Å². The predicted octanol–water partition coefficient (Wildman–Crippen LogP) is 6.10. The number of amides is 1. The Morgan fingerprint density at radius 1 is 1.31 bits per heavy atom. The van der Waals surface area contributed by atoms with Crippen LogP contribution in [0.15, 0.2) is 54.3 Å². The Labute approximate surface area is 176 Å². The number of benzene rings is 1. The van der Waals surface area contributed by atoms with Gasteiger partial charge >= 0.3 is 6.09 Å². The van der Waals surface area contributed by atoms with Gasteiger partial charge in [-0.25, -0.2) is 4.79 Å². The van der Waals surface area contributed by atoms with Gasteiger partial charge in [0.2, 0.25) is 0 Å². The summed E-state index contributed by atoms with van der Waals surface area (Å²) in [5.74, 6) is 0.334. The quantitative estimate of drug-likeness (QED) is 0.590. The maximum absolute atomic E-state index is 12.0. The fourth-order valence-electron chi connectivity index (χ4n) is 3.48. The lowest BCUT2D eigenvalue weighted by Crippen LogP contribution is -2.35. The van der Waals surface area contributed by atoms with E-state index in [4.69, 9.17) is 4.74 Å². The number of anilines is 1. The molecule has 1 aromatic rings. The van der Waals surface area contributed by atoms with Crippen molar-refractivity contribution in [3.63, 3.8) is 0 Å².